The molecular formula is C22H27N3O5S. The average molecular weight is 446 g/mol. The van der Waals surface area contributed by atoms with Gasteiger partial charge >= 0.3 is 5.97 Å². The van der Waals surface area contributed by atoms with Crippen LogP contribution in [-0.2, 0) is 11.3 Å². The summed E-state index contributed by atoms with van der Waals surface area (Å²) in [5.74, 6) is -0.113. The fraction of sp³-hybridized carbons (Fsp3) is 0.409. The molecule has 0 bridgehead atoms. The van der Waals surface area contributed by atoms with Gasteiger partial charge in [-0.2, -0.15) is 0 Å². The predicted octanol–water partition coefficient (Wildman–Crippen LogP) is 3.52. The Morgan fingerprint density at radius 1 is 1.23 bits per heavy atom. The Bertz CT molecular complexity index is 1010. The van der Waals surface area contributed by atoms with Crippen LogP contribution in [0, 0.1) is 5.92 Å². The Balaban J connectivity index is 1.73. The number of carboxylic acid groups (broad SMARTS) is 1. The van der Waals surface area contributed by atoms with Crippen molar-refractivity contribution in [2.45, 2.75) is 18.8 Å². The van der Waals surface area contributed by atoms with Gasteiger partial charge in [0.05, 0.1) is 23.7 Å². The number of anilines is 3. The number of rotatable bonds is 9. The lowest BCUT2D eigenvalue weighted by Crippen LogP contribution is -2.25. The van der Waals surface area contributed by atoms with Gasteiger partial charge in [-0.1, -0.05) is 18.2 Å². The van der Waals surface area contributed by atoms with Crippen LogP contribution in [0.4, 0.5) is 17.1 Å². The van der Waals surface area contributed by atoms with E-state index in [0.717, 1.165) is 29.3 Å². The average Bonchev–Trinajstić information content (AvgIpc) is 3.51. The van der Waals surface area contributed by atoms with Crippen LogP contribution in [0.1, 0.15) is 34.7 Å². The molecule has 3 unspecified atom stereocenters. The minimum Gasteiger partial charge on any atom is -0.492 e. The Hall–Kier alpha value is -2.62. The second-order valence-electron chi connectivity index (χ2n) is 8.22. The highest BCUT2D eigenvalue weighted by Gasteiger charge is 2.45. The molecule has 0 saturated heterocycles. The molecule has 1 fully saturated rings. The quantitative estimate of drug-likeness (QED) is 0.401. The van der Waals surface area contributed by atoms with Crippen LogP contribution in [0.3, 0.4) is 0 Å². The molecule has 8 nitrogen and oxygen atoms in total. The Kier molecular flexibility index (Phi) is 6.17. The van der Waals surface area contributed by atoms with Gasteiger partial charge in [-0.25, -0.2) is 13.3 Å². The maximum atomic E-state index is 12.5. The summed E-state index contributed by atoms with van der Waals surface area (Å²) in [5.41, 5.74) is 2.01. The number of carbonyl (C=O) groups is 1. The molecule has 166 valence electrons. The van der Waals surface area contributed by atoms with Crippen LogP contribution in [0.15, 0.2) is 36.4 Å². The summed E-state index contributed by atoms with van der Waals surface area (Å²) >= 11 is -2.49. The first kappa shape index (κ1) is 21.6. The minimum absolute atomic E-state index is 0.0762. The molecule has 0 aromatic heterocycles. The Labute approximate surface area is 184 Å². The van der Waals surface area contributed by atoms with Crippen molar-refractivity contribution in [1.29, 1.82) is 0 Å². The third-order valence-electron chi connectivity index (χ3n) is 5.74. The molecular weight excluding hydrogens is 418 g/mol. The molecule has 0 amide bonds. The summed E-state index contributed by atoms with van der Waals surface area (Å²) in [5, 5.41) is 13.3. The monoisotopic (exact) mass is 445 g/mol. The van der Waals surface area contributed by atoms with E-state index in [9.17, 15) is 18.7 Å². The van der Waals surface area contributed by atoms with Crippen LogP contribution < -0.4 is 14.4 Å². The zero-order valence-electron chi connectivity index (χ0n) is 17.6. The lowest BCUT2D eigenvalue weighted by molar-refractivity contribution is 0.0692. The summed E-state index contributed by atoms with van der Waals surface area (Å²) in [4.78, 5) is 14.3. The number of nitrogens with one attached hydrogen (secondary N) is 1. The van der Waals surface area contributed by atoms with Crippen molar-refractivity contribution < 1.29 is 23.4 Å². The number of hydrogen-bond donors (Lipinski definition) is 3. The van der Waals surface area contributed by atoms with Gasteiger partial charge in [-0.05, 0) is 63.2 Å². The third-order valence-corrected chi connectivity index (χ3v) is 6.44. The van der Waals surface area contributed by atoms with E-state index in [1.165, 1.54) is 0 Å². The SMILES string of the molecule is CN(C)CCCNc1ccccc1N(c1ccc2c(c1C(=O)O)OCC1CC21)S(=O)O. The van der Waals surface area contributed by atoms with Gasteiger partial charge < -0.3 is 20.1 Å². The molecule has 4 rings (SSSR count). The first-order valence-electron chi connectivity index (χ1n) is 10.3. The summed E-state index contributed by atoms with van der Waals surface area (Å²) in [6, 6.07) is 10.5. The van der Waals surface area contributed by atoms with Gasteiger partial charge in [-0.15, -0.1) is 0 Å². The van der Waals surface area contributed by atoms with E-state index < -0.39 is 17.2 Å². The molecule has 2 aromatic rings. The molecule has 0 radical (unpaired) electrons. The van der Waals surface area contributed by atoms with Gasteiger partial charge in [0.15, 0.2) is 0 Å². The molecule has 2 aromatic carbocycles. The van der Waals surface area contributed by atoms with Crippen molar-refractivity contribution in [3.63, 3.8) is 0 Å². The minimum atomic E-state index is -2.49. The van der Waals surface area contributed by atoms with E-state index in [0.29, 0.717) is 42.1 Å². The van der Waals surface area contributed by atoms with Crippen LogP contribution in [0.2, 0.25) is 0 Å². The van der Waals surface area contributed by atoms with Crippen LogP contribution in [-0.4, -0.2) is 58.5 Å². The van der Waals surface area contributed by atoms with Crippen molar-refractivity contribution in [3.8, 4) is 5.75 Å². The normalized spacial score (nSPS) is 19.7. The molecule has 1 aliphatic carbocycles. The molecule has 2 aliphatic rings. The smallest absolute Gasteiger partial charge is 0.341 e. The van der Waals surface area contributed by atoms with Crippen molar-refractivity contribution >= 4 is 34.3 Å². The lowest BCUT2D eigenvalue weighted by Gasteiger charge is -2.27. The Morgan fingerprint density at radius 3 is 2.71 bits per heavy atom. The fourth-order valence-electron chi connectivity index (χ4n) is 4.13. The van der Waals surface area contributed by atoms with E-state index in [1.807, 2.05) is 32.3 Å². The van der Waals surface area contributed by atoms with Crippen molar-refractivity contribution in [1.82, 2.24) is 4.90 Å². The second-order valence-corrected chi connectivity index (χ2v) is 9.05. The van der Waals surface area contributed by atoms with Crippen LogP contribution in [0.5, 0.6) is 5.75 Å². The van der Waals surface area contributed by atoms with E-state index in [4.69, 9.17) is 4.74 Å². The van der Waals surface area contributed by atoms with Gasteiger partial charge in [0, 0.05) is 12.5 Å². The highest BCUT2D eigenvalue weighted by Crippen LogP contribution is 2.56. The van der Waals surface area contributed by atoms with Gasteiger partial charge in [0.1, 0.15) is 11.3 Å². The highest BCUT2D eigenvalue weighted by atomic mass is 32.2. The largest absolute Gasteiger partial charge is 0.492 e. The lowest BCUT2D eigenvalue weighted by atomic mass is 10.00. The molecule has 1 saturated carbocycles. The van der Waals surface area contributed by atoms with Crippen LogP contribution in [0.25, 0.3) is 0 Å². The summed E-state index contributed by atoms with van der Waals surface area (Å²) in [7, 11) is 4.00. The van der Waals surface area contributed by atoms with E-state index in [2.05, 4.69) is 10.2 Å². The molecule has 1 aliphatic heterocycles. The highest BCUT2D eigenvalue weighted by molar-refractivity contribution is 7.81. The zero-order valence-corrected chi connectivity index (χ0v) is 18.4. The van der Waals surface area contributed by atoms with E-state index in [1.54, 1.807) is 18.2 Å². The number of para-hydroxylation sites is 2. The number of aromatic carboxylic acids is 1. The fourth-order valence-corrected chi connectivity index (χ4v) is 4.78. The molecule has 0 spiro atoms. The number of nitrogens with zero attached hydrogens (tertiary/aromatic N) is 2. The van der Waals surface area contributed by atoms with Crippen molar-refractivity contribution in [3.05, 3.63) is 47.5 Å². The van der Waals surface area contributed by atoms with E-state index in [-0.39, 0.29) is 11.3 Å². The zero-order chi connectivity index (χ0) is 22.1. The number of fused-ring (bicyclic) bond motifs is 3. The summed E-state index contributed by atoms with van der Waals surface area (Å²) in [6.07, 6.45) is 1.87. The maximum Gasteiger partial charge on any atom is 0.341 e. The molecule has 1 heterocycles. The summed E-state index contributed by atoms with van der Waals surface area (Å²) < 4.78 is 29.6. The van der Waals surface area contributed by atoms with Gasteiger partial charge in [0.2, 0.25) is 0 Å². The molecule has 3 N–H and O–H groups in total. The number of ether oxygens (including phenoxy) is 1. The maximum absolute atomic E-state index is 12.5. The van der Waals surface area contributed by atoms with Crippen molar-refractivity contribution in [2.24, 2.45) is 5.92 Å². The van der Waals surface area contributed by atoms with Crippen LogP contribution >= 0.6 is 0 Å². The molecule has 31 heavy (non-hydrogen) atoms. The summed E-state index contributed by atoms with van der Waals surface area (Å²) in [6.45, 7) is 2.05. The van der Waals surface area contributed by atoms with Gasteiger partial charge in [0.25, 0.3) is 11.3 Å². The van der Waals surface area contributed by atoms with E-state index >= 15 is 0 Å². The Morgan fingerprint density at radius 2 is 2.00 bits per heavy atom. The molecule has 3 atom stereocenters. The predicted molar refractivity (Wildman–Crippen MR) is 121 cm³/mol. The third kappa shape index (κ3) is 4.39. The van der Waals surface area contributed by atoms with Crippen molar-refractivity contribution in [2.75, 3.05) is 43.4 Å². The number of carboxylic acids is 1. The van der Waals surface area contributed by atoms with Gasteiger partial charge in [-0.3, -0.25) is 4.55 Å². The topological polar surface area (TPSA) is 102 Å². The number of hydrogen-bond acceptors (Lipinski definition) is 5. The second kappa shape index (κ2) is 8.86. The first-order valence-corrected chi connectivity index (χ1v) is 11.4. The first-order chi connectivity index (χ1) is 14.9. The number of benzene rings is 2. The standard InChI is InChI=1S/C22H27N3O5S/c1-24(2)11-5-10-23-17-6-3-4-7-18(17)25(31(28)29)19-9-8-15-16-12-14(16)13-30-21(15)20(19)22(26)27/h3-4,6-9,14,16,23H,5,10-13H2,1-2H3,(H,26,27)(H,28,29). The molecule has 9 heteroatoms.